The Labute approximate surface area is 177 Å². The normalized spacial score (nSPS) is 11.4. The third-order valence-corrected chi connectivity index (χ3v) is 5.54. The summed E-state index contributed by atoms with van der Waals surface area (Å²) in [6.07, 6.45) is 3.06. The molecular weight excluding hydrogens is 364 g/mol. The minimum absolute atomic E-state index is 0.668. The van der Waals surface area contributed by atoms with Crippen molar-refractivity contribution >= 4 is 21.7 Å². The zero-order valence-electron chi connectivity index (χ0n) is 17.3. The standard InChI is InChI=1S/C28H24N2/c1-19(2)16-20-10-12-21(13-11-20)23-7-5-8-24(17-23)28-29-18-26-25-9-4-3-6-22(25)14-15-27(26)30-28/h3-15,17-19H,16H2,1-2H3. The smallest absolute Gasteiger partial charge is 0.159 e. The van der Waals surface area contributed by atoms with Crippen LogP contribution in [0.5, 0.6) is 0 Å². The summed E-state index contributed by atoms with van der Waals surface area (Å²) in [4.78, 5) is 9.56. The molecular formula is C28H24N2. The van der Waals surface area contributed by atoms with Gasteiger partial charge in [0.15, 0.2) is 5.82 Å². The Hall–Kier alpha value is -3.52. The van der Waals surface area contributed by atoms with Crippen molar-refractivity contribution in [3.8, 4) is 22.5 Å². The van der Waals surface area contributed by atoms with Crippen LogP contribution in [0.4, 0.5) is 0 Å². The van der Waals surface area contributed by atoms with Crippen molar-refractivity contribution in [3.05, 3.63) is 96.7 Å². The van der Waals surface area contributed by atoms with E-state index in [0.717, 1.165) is 28.7 Å². The highest BCUT2D eigenvalue weighted by atomic mass is 14.9. The van der Waals surface area contributed by atoms with Gasteiger partial charge in [0.1, 0.15) is 0 Å². The van der Waals surface area contributed by atoms with Crippen LogP contribution >= 0.6 is 0 Å². The Morgan fingerprint density at radius 3 is 2.33 bits per heavy atom. The molecule has 0 aliphatic heterocycles. The molecule has 0 atom stereocenters. The number of nitrogens with zero attached hydrogens (tertiary/aromatic N) is 2. The second-order valence-corrected chi connectivity index (χ2v) is 8.29. The molecule has 4 aromatic carbocycles. The van der Waals surface area contributed by atoms with Crippen molar-refractivity contribution in [3.63, 3.8) is 0 Å². The molecule has 5 rings (SSSR count). The second-order valence-electron chi connectivity index (χ2n) is 8.29. The van der Waals surface area contributed by atoms with Gasteiger partial charge >= 0.3 is 0 Å². The van der Waals surface area contributed by atoms with Gasteiger partial charge in [-0.1, -0.05) is 86.6 Å². The molecule has 146 valence electrons. The average Bonchev–Trinajstić information content (AvgIpc) is 2.79. The summed E-state index contributed by atoms with van der Waals surface area (Å²) in [5.41, 5.74) is 5.80. The lowest BCUT2D eigenvalue weighted by molar-refractivity contribution is 0.647. The zero-order valence-corrected chi connectivity index (χ0v) is 17.3. The zero-order chi connectivity index (χ0) is 20.5. The van der Waals surface area contributed by atoms with Crippen LogP contribution in [0.1, 0.15) is 19.4 Å². The lowest BCUT2D eigenvalue weighted by Gasteiger charge is -2.09. The fourth-order valence-electron chi connectivity index (χ4n) is 4.07. The molecule has 5 aromatic rings. The van der Waals surface area contributed by atoms with E-state index in [9.17, 15) is 0 Å². The molecule has 0 radical (unpaired) electrons. The predicted octanol–water partition coefficient (Wildman–Crippen LogP) is 7.32. The average molecular weight is 389 g/mol. The van der Waals surface area contributed by atoms with E-state index < -0.39 is 0 Å². The minimum atomic E-state index is 0.668. The van der Waals surface area contributed by atoms with E-state index in [1.165, 1.54) is 27.5 Å². The van der Waals surface area contributed by atoms with E-state index in [-0.39, 0.29) is 0 Å². The highest BCUT2D eigenvalue weighted by molar-refractivity contribution is 6.05. The largest absolute Gasteiger partial charge is 0.236 e. The number of fused-ring (bicyclic) bond motifs is 3. The van der Waals surface area contributed by atoms with E-state index in [2.05, 4.69) is 98.8 Å². The van der Waals surface area contributed by atoms with Crippen LogP contribution < -0.4 is 0 Å². The molecule has 0 bridgehead atoms. The van der Waals surface area contributed by atoms with Crippen LogP contribution in [0.3, 0.4) is 0 Å². The molecule has 0 aliphatic rings. The number of rotatable bonds is 4. The van der Waals surface area contributed by atoms with E-state index >= 15 is 0 Å². The first kappa shape index (κ1) is 18.5. The summed E-state index contributed by atoms with van der Waals surface area (Å²) in [6.45, 7) is 4.51. The van der Waals surface area contributed by atoms with Crippen LogP contribution in [0.15, 0.2) is 91.1 Å². The Kier molecular flexibility index (Phi) is 4.76. The van der Waals surface area contributed by atoms with Crippen LogP contribution in [-0.2, 0) is 6.42 Å². The molecule has 2 nitrogen and oxygen atoms in total. The van der Waals surface area contributed by atoms with E-state index in [0.29, 0.717) is 5.92 Å². The molecule has 0 spiro atoms. The van der Waals surface area contributed by atoms with Gasteiger partial charge < -0.3 is 0 Å². The van der Waals surface area contributed by atoms with Crippen LogP contribution in [-0.4, -0.2) is 9.97 Å². The molecule has 0 amide bonds. The predicted molar refractivity (Wildman–Crippen MR) is 126 cm³/mol. The summed E-state index contributed by atoms with van der Waals surface area (Å²) < 4.78 is 0. The second kappa shape index (κ2) is 7.72. The molecule has 1 aromatic heterocycles. The van der Waals surface area contributed by atoms with Crippen molar-refractivity contribution in [2.45, 2.75) is 20.3 Å². The first-order valence-electron chi connectivity index (χ1n) is 10.5. The van der Waals surface area contributed by atoms with Crippen molar-refractivity contribution in [1.82, 2.24) is 9.97 Å². The summed E-state index contributed by atoms with van der Waals surface area (Å²) in [7, 11) is 0. The SMILES string of the molecule is CC(C)Cc1ccc(-c2cccc(-c3ncc4c(ccc5ccccc54)n3)c2)cc1. The molecule has 0 fully saturated rings. The number of aromatic nitrogens is 2. The van der Waals surface area contributed by atoms with Crippen molar-refractivity contribution in [2.75, 3.05) is 0 Å². The minimum Gasteiger partial charge on any atom is -0.236 e. The summed E-state index contributed by atoms with van der Waals surface area (Å²) >= 11 is 0. The van der Waals surface area contributed by atoms with Gasteiger partial charge in [-0.15, -0.1) is 0 Å². The van der Waals surface area contributed by atoms with Gasteiger partial charge in [0, 0.05) is 17.1 Å². The third kappa shape index (κ3) is 3.57. The summed E-state index contributed by atoms with van der Waals surface area (Å²) in [5, 5.41) is 3.50. The molecule has 0 N–H and O–H groups in total. The highest BCUT2D eigenvalue weighted by Crippen LogP contribution is 2.28. The van der Waals surface area contributed by atoms with Crippen molar-refractivity contribution < 1.29 is 0 Å². The monoisotopic (exact) mass is 388 g/mol. The lowest BCUT2D eigenvalue weighted by atomic mass is 9.98. The van der Waals surface area contributed by atoms with Gasteiger partial charge in [-0.3, -0.25) is 0 Å². The topological polar surface area (TPSA) is 25.8 Å². The quantitative estimate of drug-likeness (QED) is 0.302. The Balaban J connectivity index is 1.52. The summed E-state index contributed by atoms with van der Waals surface area (Å²) in [5.74, 6) is 1.43. The maximum absolute atomic E-state index is 4.87. The molecule has 30 heavy (non-hydrogen) atoms. The highest BCUT2D eigenvalue weighted by Gasteiger charge is 2.08. The Bertz CT molecular complexity index is 1330. The Morgan fingerprint density at radius 2 is 1.50 bits per heavy atom. The van der Waals surface area contributed by atoms with E-state index in [1.54, 1.807) is 0 Å². The van der Waals surface area contributed by atoms with Crippen LogP contribution in [0, 0.1) is 5.92 Å². The van der Waals surface area contributed by atoms with Gasteiger partial charge in [-0.05, 0) is 51.9 Å². The van der Waals surface area contributed by atoms with Gasteiger partial charge in [0.25, 0.3) is 0 Å². The maximum atomic E-state index is 4.87. The first-order valence-corrected chi connectivity index (χ1v) is 10.5. The summed E-state index contributed by atoms with van der Waals surface area (Å²) in [6, 6.07) is 30.0. The fraction of sp³-hybridized carbons (Fsp3) is 0.143. The van der Waals surface area contributed by atoms with Gasteiger partial charge in [-0.2, -0.15) is 0 Å². The molecule has 0 aliphatic carbocycles. The van der Waals surface area contributed by atoms with Gasteiger partial charge in [-0.25, -0.2) is 9.97 Å². The molecule has 0 saturated heterocycles. The maximum Gasteiger partial charge on any atom is 0.159 e. The number of benzene rings is 4. The van der Waals surface area contributed by atoms with Gasteiger partial charge in [0.2, 0.25) is 0 Å². The fourth-order valence-corrected chi connectivity index (χ4v) is 4.07. The molecule has 0 saturated carbocycles. The molecule has 0 unspecified atom stereocenters. The Morgan fingerprint density at radius 1 is 0.700 bits per heavy atom. The first-order chi connectivity index (χ1) is 14.7. The molecule has 2 heteroatoms. The third-order valence-electron chi connectivity index (χ3n) is 5.54. The van der Waals surface area contributed by atoms with Gasteiger partial charge in [0.05, 0.1) is 5.52 Å². The van der Waals surface area contributed by atoms with E-state index in [4.69, 9.17) is 9.97 Å². The van der Waals surface area contributed by atoms with E-state index in [1.807, 2.05) is 6.20 Å². The number of hydrogen-bond acceptors (Lipinski definition) is 2. The van der Waals surface area contributed by atoms with Crippen LogP contribution in [0.25, 0.3) is 44.2 Å². The lowest BCUT2D eigenvalue weighted by Crippen LogP contribution is -1.93. The van der Waals surface area contributed by atoms with Crippen LogP contribution in [0.2, 0.25) is 0 Å². The van der Waals surface area contributed by atoms with Crippen molar-refractivity contribution in [2.24, 2.45) is 5.92 Å². The van der Waals surface area contributed by atoms with Crippen molar-refractivity contribution in [1.29, 1.82) is 0 Å². The number of hydrogen-bond donors (Lipinski definition) is 0. The molecule has 1 heterocycles.